The molecule has 6 rings (SSSR count). The van der Waals surface area contributed by atoms with E-state index in [-0.39, 0.29) is 13.0 Å². The molecule has 1 aliphatic rings. The van der Waals surface area contributed by atoms with Crippen LogP contribution >= 0.6 is 34.5 Å². The fraction of sp³-hybridized carbons (Fsp3) is 0.276. The van der Waals surface area contributed by atoms with Gasteiger partial charge in [-0.3, -0.25) is 14.8 Å². The van der Waals surface area contributed by atoms with Crippen molar-refractivity contribution < 1.29 is 19.1 Å². The number of thiazole rings is 1. The molecule has 2 atom stereocenters. The van der Waals surface area contributed by atoms with Crippen molar-refractivity contribution >= 4 is 68.3 Å². The Morgan fingerprint density at radius 2 is 1.98 bits per heavy atom. The first-order chi connectivity index (χ1) is 21.1. The first-order valence-electron chi connectivity index (χ1n) is 13.6. The molecule has 0 fully saturated rings. The fourth-order valence-electron chi connectivity index (χ4n) is 5.23. The topological polar surface area (TPSA) is 121 Å². The van der Waals surface area contributed by atoms with Crippen LogP contribution in [-0.2, 0) is 17.8 Å². The van der Waals surface area contributed by atoms with Gasteiger partial charge in [0, 0.05) is 73.7 Å². The van der Waals surface area contributed by atoms with Crippen molar-refractivity contribution in [1.29, 1.82) is 0 Å². The summed E-state index contributed by atoms with van der Waals surface area (Å²) in [5, 5.41) is 20.1. The summed E-state index contributed by atoms with van der Waals surface area (Å²) in [7, 11) is 3.41. The number of amides is 2. The van der Waals surface area contributed by atoms with Gasteiger partial charge in [-0.1, -0.05) is 35.3 Å². The zero-order valence-corrected chi connectivity index (χ0v) is 25.9. The molecule has 0 bridgehead atoms. The number of fused-ring (bicyclic) bond motifs is 2. The number of carbonyl (C=O) groups excluding carboxylic acids is 1. The molecule has 228 valence electrons. The highest BCUT2D eigenvalue weighted by Crippen LogP contribution is 2.40. The normalized spacial score (nSPS) is 14.9. The lowest BCUT2D eigenvalue weighted by molar-refractivity contribution is -0.118. The summed E-state index contributed by atoms with van der Waals surface area (Å²) in [4.78, 5) is 36.6. The molecule has 0 aliphatic carbocycles. The molecule has 2 N–H and O–H groups in total. The summed E-state index contributed by atoms with van der Waals surface area (Å²) < 4.78 is 17.5. The van der Waals surface area contributed by atoms with Crippen LogP contribution in [0.2, 0.25) is 10.0 Å². The second-order valence-electron chi connectivity index (χ2n) is 10.5. The first kappa shape index (κ1) is 29.9. The van der Waals surface area contributed by atoms with Gasteiger partial charge in [0.05, 0.1) is 28.6 Å². The molecule has 0 radical (unpaired) electrons. The van der Waals surface area contributed by atoms with Crippen molar-refractivity contribution in [2.75, 3.05) is 37.4 Å². The maximum atomic E-state index is 14.3. The first-order valence-corrected chi connectivity index (χ1v) is 15.2. The summed E-state index contributed by atoms with van der Waals surface area (Å²) >= 11 is 15.0. The highest BCUT2D eigenvalue weighted by molar-refractivity contribution is 7.13. The lowest BCUT2D eigenvalue weighted by Gasteiger charge is -2.22. The Bertz CT molecular complexity index is 1840. The minimum atomic E-state index is -1.06. The Labute approximate surface area is 265 Å². The minimum absolute atomic E-state index is 0.143. The monoisotopic (exact) mass is 656 g/mol. The average Bonchev–Trinajstić information content (AvgIpc) is 3.80. The summed E-state index contributed by atoms with van der Waals surface area (Å²) in [5.74, 6) is -0.432. The van der Waals surface area contributed by atoms with Gasteiger partial charge in [0.25, 0.3) is 5.91 Å². The zero-order chi connectivity index (χ0) is 31.1. The Morgan fingerprint density at radius 1 is 1.20 bits per heavy atom. The molecule has 5 aromatic rings. The number of rotatable bonds is 9. The van der Waals surface area contributed by atoms with Crippen LogP contribution in [0.1, 0.15) is 17.4 Å². The van der Waals surface area contributed by atoms with E-state index in [0.29, 0.717) is 56.1 Å². The van der Waals surface area contributed by atoms with E-state index >= 15 is 0 Å². The molecule has 1 unspecified atom stereocenters. The van der Waals surface area contributed by atoms with E-state index in [0.717, 1.165) is 11.3 Å². The lowest BCUT2D eigenvalue weighted by atomic mass is 10.0. The SMILES string of the molecule is CN(CCN(C)c1ccc(-c2cc(Cl)c3cn(C(C(=O)Nc4nccs4)c4ncn5c4C[C@@H](F)C5)nc3c2Cl)cc1)C(=O)O. The number of carbonyl (C=O) groups is 2. The predicted molar refractivity (Wildman–Crippen MR) is 169 cm³/mol. The number of halogens is 3. The molecule has 4 heterocycles. The number of alkyl halides is 1. The zero-order valence-electron chi connectivity index (χ0n) is 23.6. The van der Waals surface area contributed by atoms with Gasteiger partial charge >= 0.3 is 6.09 Å². The van der Waals surface area contributed by atoms with Crippen molar-refractivity contribution in [2.45, 2.75) is 25.2 Å². The lowest BCUT2D eigenvalue weighted by Crippen LogP contribution is -2.33. The summed E-state index contributed by atoms with van der Waals surface area (Å²) in [6.45, 7) is 1.05. The summed E-state index contributed by atoms with van der Waals surface area (Å²) in [6, 6.07) is 8.36. The number of hydrogen-bond acceptors (Lipinski definition) is 7. The number of carboxylic acid groups (broad SMARTS) is 1. The number of nitrogens with zero attached hydrogens (tertiary/aromatic N) is 7. The molecule has 2 amide bonds. The number of likely N-dealkylation sites (N-methyl/N-ethyl adjacent to an activating group) is 2. The largest absolute Gasteiger partial charge is 0.465 e. The standard InChI is InChI=1S/C29H27Cl2FN8O3S/c1-37(8-9-38(2)29(42)43)18-5-3-16(4-6-18)19-12-21(30)20-14-40(36-24(20)23(19)31)26(27(41)35-28-33-7-10-44-28)25-22-11-17(32)13-39(22)15-34-25/h3-7,10,12,14-15,17,26H,8-9,11,13H2,1-2H3,(H,42,43)(H,33,35,41)/t17-,26?/m1/s1. The van der Waals surface area contributed by atoms with Crippen LogP contribution in [0.25, 0.3) is 22.0 Å². The van der Waals surface area contributed by atoms with E-state index in [1.54, 1.807) is 34.7 Å². The highest BCUT2D eigenvalue weighted by atomic mass is 35.5. The van der Waals surface area contributed by atoms with Crippen molar-refractivity contribution in [3.8, 4) is 11.1 Å². The van der Waals surface area contributed by atoms with E-state index < -0.39 is 24.2 Å². The molecule has 2 aromatic carbocycles. The van der Waals surface area contributed by atoms with Crippen molar-refractivity contribution in [3.05, 3.63) is 75.9 Å². The third kappa shape index (κ3) is 5.70. The van der Waals surface area contributed by atoms with E-state index in [1.165, 1.54) is 28.0 Å². The second-order valence-corrected chi connectivity index (χ2v) is 12.2. The van der Waals surface area contributed by atoms with Gasteiger partial charge in [-0.15, -0.1) is 11.3 Å². The van der Waals surface area contributed by atoms with E-state index in [9.17, 15) is 14.0 Å². The molecule has 15 heteroatoms. The van der Waals surface area contributed by atoms with E-state index in [1.807, 2.05) is 36.2 Å². The Kier molecular flexibility index (Phi) is 8.18. The van der Waals surface area contributed by atoms with Gasteiger partial charge in [-0.25, -0.2) is 19.2 Å². The van der Waals surface area contributed by atoms with Crippen LogP contribution in [0.3, 0.4) is 0 Å². The fourth-order valence-corrected chi connectivity index (χ4v) is 6.32. The van der Waals surface area contributed by atoms with Gasteiger partial charge in [0.15, 0.2) is 11.2 Å². The Hall–Kier alpha value is -4.20. The van der Waals surface area contributed by atoms with Crippen LogP contribution in [0.5, 0.6) is 0 Å². The van der Waals surface area contributed by atoms with Gasteiger partial charge in [0.2, 0.25) is 0 Å². The van der Waals surface area contributed by atoms with Crippen LogP contribution in [0.4, 0.5) is 20.0 Å². The van der Waals surface area contributed by atoms with Crippen molar-refractivity contribution in [1.82, 2.24) is 29.2 Å². The molecular weight excluding hydrogens is 630 g/mol. The molecule has 0 saturated carbocycles. The van der Waals surface area contributed by atoms with Crippen LogP contribution in [0.15, 0.2) is 54.4 Å². The minimum Gasteiger partial charge on any atom is -0.465 e. The highest BCUT2D eigenvalue weighted by Gasteiger charge is 2.34. The number of nitrogens with one attached hydrogen (secondary N) is 1. The van der Waals surface area contributed by atoms with Gasteiger partial charge < -0.3 is 19.5 Å². The molecule has 3 aromatic heterocycles. The van der Waals surface area contributed by atoms with Crippen LogP contribution in [0, 0.1) is 0 Å². The number of benzene rings is 2. The molecule has 11 nitrogen and oxygen atoms in total. The smallest absolute Gasteiger partial charge is 0.407 e. The van der Waals surface area contributed by atoms with E-state index in [4.69, 9.17) is 33.4 Å². The number of anilines is 2. The predicted octanol–water partition coefficient (Wildman–Crippen LogP) is 5.83. The molecule has 44 heavy (non-hydrogen) atoms. The van der Waals surface area contributed by atoms with Crippen molar-refractivity contribution in [2.24, 2.45) is 0 Å². The molecule has 0 saturated heterocycles. The third-order valence-electron chi connectivity index (χ3n) is 7.64. The summed E-state index contributed by atoms with van der Waals surface area (Å²) in [6.07, 6.45) is 2.88. The Balaban J connectivity index is 1.34. The molecular formula is C29H27Cl2FN8O3S. The number of hydrogen-bond donors (Lipinski definition) is 2. The van der Waals surface area contributed by atoms with Gasteiger partial charge in [-0.2, -0.15) is 5.10 Å². The Morgan fingerprint density at radius 3 is 2.68 bits per heavy atom. The van der Waals surface area contributed by atoms with Gasteiger partial charge in [-0.05, 0) is 23.8 Å². The second kappa shape index (κ2) is 12.1. The third-order valence-corrected chi connectivity index (χ3v) is 9.03. The maximum absolute atomic E-state index is 14.3. The average molecular weight is 658 g/mol. The molecule has 0 spiro atoms. The van der Waals surface area contributed by atoms with Crippen LogP contribution in [-0.4, -0.2) is 79.7 Å². The maximum Gasteiger partial charge on any atom is 0.407 e. The molecule has 1 aliphatic heterocycles. The van der Waals surface area contributed by atoms with Crippen molar-refractivity contribution in [3.63, 3.8) is 0 Å². The summed E-state index contributed by atoms with van der Waals surface area (Å²) in [5.41, 5.74) is 3.78. The van der Waals surface area contributed by atoms with E-state index in [2.05, 4.69) is 15.3 Å². The number of imidazole rings is 1. The number of aromatic nitrogens is 5. The van der Waals surface area contributed by atoms with Crippen LogP contribution < -0.4 is 10.2 Å². The quantitative estimate of drug-likeness (QED) is 0.205. The van der Waals surface area contributed by atoms with Gasteiger partial charge in [0.1, 0.15) is 11.7 Å².